The zero-order chi connectivity index (χ0) is 20.4. The van der Waals surface area contributed by atoms with E-state index in [0.29, 0.717) is 36.8 Å². The smallest absolute Gasteiger partial charge is 0.283 e. The van der Waals surface area contributed by atoms with Gasteiger partial charge in [-0.15, -0.1) is 0 Å². The topological polar surface area (TPSA) is 71.3 Å². The van der Waals surface area contributed by atoms with Gasteiger partial charge < -0.3 is 4.90 Å². The molecule has 0 unspecified atom stereocenters. The molecule has 1 saturated heterocycles. The summed E-state index contributed by atoms with van der Waals surface area (Å²) in [5, 5.41) is 0. The molecule has 1 aliphatic carbocycles. The van der Waals surface area contributed by atoms with Gasteiger partial charge in [0.25, 0.3) is 11.5 Å². The molecule has 2 aliphatic rings. The first kappa shape index (κ1) is 20.0. The van der Waals surface area contributed by atoms with E-state index in [1.807, 2.05) is 19.9 Å². The van der Waals surface area contributed by atoms with Crippen LogP contribution in [0.5, 0.6) is 0 Å². The van der Waals surface area contributed by atoms with Crippen molar-refractivity contribution >= 4 is 17.1 Å². The predicted molar refractivity (Wildman–Crippen MR) is 113 cm³/mol. The number of piperazine rings is 1. The number of hydrogen-bond donors (Lipinski definition) is 0. The van der Waals surface area contributed by atoms with Crippen LogP contribution in [0.25, 0.3) is 11.2 Å². The van der Waals surface area contributed by atoms with Crippen LogP contribution in [0.2, 0.25) is 0 Å². The first-order valence-corrected chi connectivity index (χ1v) is 10.9. The Bertz CT molecular complexity index is 924. The first-order chi connectivity index (χ1) is 14.0. The van der Waals surface area contributed by atoms with E-state index in [1.54, 1.807) is 21.7 Å². The zero-order valence-corrected chi connectivity index (χ0v) is 17.5. The van der Waals surface area contributed by atoms with Crippen molar-refractivity contribution in [3.63, 3.8) is 0 Å². The summed E-state index contributed by atoms with van der Waals surface area (Å²) < 4.78 is 1.61. The molecule has 0 bridgehead atoms. The van der Waals surface area contributed by atoms with E-state index in [2.05, 4.69) is 14.9 Å². The summed E-state index contributed by atoms with van der Waals surface area (Å²) in [7, 11) is 0. The predicted octanol–water partition coefficient (Wildman–Crippen LogP) is 2.54. The van der Waals surface area contributed by atoms with E-state index in [0.717, 1.165) is 13.1 Å². The van der Waals surface area contributed by atoms with Crippen molar-refractivity contribution in [2.75, 3.05) is 26.2 Å². The number of carbonyl (C=O) groups is 1. The van der Waals surface area contributed by atoms with Gasteiger partial charge in [0.15, 0.2) is 11.3 Å². The van der Waals surface area contributed by atoms with Gasteiger partial charge in [0.1, 0.15) is 5.52 Å². The molecule has 2 aromatic rings. The number of fused-ring (bicyclic) bond motifs is 1. The zero-order valence-electron chi connectivity index (χ0n) is 17.5. The third kappa shape index (κ3) is 4.20. The molecule has 1 saturated carbocycles. The van der Waals surface area contributed by atoms with E-state index in [4.69, 9.17) is 0 Å². The molecule has 4 rings (SSSR count). The summed E-state index contributed by atoms with van der Waals surface area (Å²) in [6.07, 6.45) is 8.18. The Morgan fingerprint density at radius 1 is 1.14 bits per heavy atom. The summed E-state index contributed by atoms with van der Waals surface area (Å²) in [5.74, 6) is 0.0175. The maximum atomic E-state index is 13.2. The molecule has 0 atom stereocenters. The molecular weight excluding hydrogens is 366 g/mol. The van der Waals surface area contributed by atoms with E-state index < -0.39 is 0 Å². The highest BCUT2D eigenvalue weighted by atomic mass is 16.2. The minimum Gasteiger partial charge on any atom is -0.335 e. The molecule has 0 N–H and O–H groups in total. The van der Waals surface area contributed by atoms with Crippen molar-refractivity contribution in [1.82, 2.24) is 24.3 Å². The monoisotopic (exact) mass is 397 g/mol. The third-order valence-corrected chi connectivity index (χ3v) is 6.14. The van der Waals surface area contributed by atoms with E-state index in [9.17, 15) is 9.59 Å². The lowest BCUT2D eigenvalue weighted by atomic mass is 9.94. The molecule has 3 heterocycles. The molecule has 7 heteroatoms. The summed E-state index contributed by atoms with van der Waals surface area (Å²) in [5.41, 5.74) is 0.837. The van der Waals surface area contributed by atoms with Gasteiger partial charge in [-0.1, -0.05) is 33.1 Å². The second-order valence-corrected chi connectivity index (χ2v) is 8.74. The van der Waals surface area contributed by atoms with Crippen LogP contribution < -0.4 is 5.56 Å². The number of aromatic nitrogens is 3. The Labute approximate surface area is 171 Å². The highest BCUT2D eigenvalue weighted by Crippen LogP contribution is 2.23. The average molecular weight is 398 g/mol. The van der Waals surface area contributed by atoms with Gasteiger partial charge in [-0.3, -0.25) is 19.1 Å². The third-order valence-electron chi connectivity index (χ3n) is 6.14. The van der Waals surface area contributed by atoms with Gasteiger partial charge in [0, 0.05) is 45.0 Å². The van der Waals surface area contributed by atoms with Crippen molar-refractivity contribution in [3.05, 3.63) is 34.4 Å². The van der Waals surface area contributed by atoms with Crippen molar-refractivity contribution in [2.45, 2.75) is 58.5 Å². The molecule has 7 nitrogen and oxygen atoms in total. The highest BCUT2D eigenvalue weighted by Gasteiger charge is 2.29. The van der Waals surface area contributed by atoms with Crippen LogP contribution >= 0.6 is 0 Å². The number of rotatable bonds is 4. The summed E-state index contributed by atoms with van der Waals surface area (Å²) in [6.45, 7) is 7.70. The largest absolute Gasteiger partial charge is 0.335 e. The molecule has 156 valence electrons. The minimum atomic E-state index is -0.329. The van der Waals surface area contributed by atoms with E-state index >= 15 is 0 Å². The number of hydrogen-bond acceptors (Lipinski definition) is 5. The number of pyridine rings is 1. The second-order valence-electron chi connectivity index (χ2n) is 8.74. The lowest BCUT2D eigenvalue weighted by Gasteiger charge is -2.40. The van der Waals surface area contributed by atoms with Crippen LogP contribution in [0.3, 0.4) is 0 Å². The summed E-state index contributed by atoms with van der Waals surface area (Å²) in [4.78, 5) is 39.4. The van der Waals surface area contributed by atoms with Gasteiger partial charge in [-0.2, -0.15) is 0 Å². The van der Waals surface area contributed by atoms with Crippen molar-refractivity contribution in [1.29, 1.82) is 0 Å². The molecular formula is C22H31N5O2. The Kier molecular flexibility index (Phi) is 5.94. The summed E-state index contributed by atoms with van der Waals surface area (Å²) >= 11 is 0. The van der Waals surface area contributed by atoms with Crippen LogP contribution in [0.1, 0.15) is 56.4 Å². The van der Waals surface area contributed by atoms with Gasteiger partial charge in [-0.05, 0) is 30.9 Å². The average Bonchev–Trinajstić information content (AvgIpc) is 2.75. The maximum Gasteiger partial charge on any atom is 0.283 e. The highest BCUT2D eigenvalue weighted by molar-refractivity contribution is 5.93. The molecule has 2 fully saturated rings. The quantitative estimate of drug-likeness (QED) is 0.793. The van der Waals surface area contributed by atoms with Gasteiger partial charge in [-0.25, -0.2) is 9.97 Å². The number of nitrogens with zero attached hydrogens (tertiary/aromatic N) is 5. The Morgan fingerprint density at radius 2 is 1.86 bits per heavy atom. The fraction of sp³-hybridized carbons (Fsp3) is 0.636. The second kappa shape index (κ2) is 8.61. The molecule has 1 amide bonds. The fourth-order valence-corrected chi connectivity index (χ4v) is 4.64. The fourth-order valence-electron chi connectivity index (χ4n) is 4.64. The van der Waals surface area contributed by atoms with Gasteiger partial charge >= 0.3 is 0 Å². The first-order valence-electron chi connectivity index (χ1n) is 10.9. The van der Waals surface area contributed by atoms with Crippen molar-refractivity contribution in [3.8, 4) is 0 Å². The maximum absolute atomic E-state index is 13.2. The van der Waals surface area contributed by atoms with Gasteiger partial charge in [0.05, 0.1) is 0 Å². The molecule has 0 radical (unpaired) electrons. The molecule has 1 aliphatic heterocycles. The minimum absolute atomic E-state index is 0.0252. The van der Waals surface area contributed by atoms with E-state index in [1.165, 1.54) is 32.1 Å². The summed E-state index contributed by atoms with van der Waals surface area (Å²) in [6, 6.07) is 4.27. The Balaban J connectivity index is 1.56. The molecule has 2 aromatic heterocycles. The van der Waals surface area contributed by atoms with Crippen LogP contribution in [0.4, 0.5) is 0 Å². The van der Waals surface area contributed by atoms with Crippen LogP contribution in [-0.2, 0) is 6.54 Å². The van der Waals surface area contributed by atoms with Crippen LogP contribution in [0.15, 0.2) is 23.1 Å². The Hall–Kier alpha value is -2.28. The van der Waals surface area contributed by atoms with Crippen LogP contribution in [-0.4, -0.2) is 62.5 Å². The van der Waals surface area contributed by atoms with Crippen molar-refractivity contribution < 1.29 is 4.79 Å². The standard InChI is InChI=1S/C22H31N5O2/c1-16(2)15-27-20-18(9-6-10-23-20)24-19(22(27)29)21(28)26-13-11-25(12-14-26)17-7-4-3-5-8-17/h6,9-10,16-17H,3-5,7-8,11-15H2,1-2H3. The molecule has 29 heavy (non-hydrogen) atoms. The molecule has 0 spiro atoms. The van der Waals surface area contributed by atoms with Gasteiger partial charge in [0.2, 0.25) is 0 Å². The van der Waals surface area contributed by atoms with E-state index in [-0.39, 0.29) is 23.1 Å². The Morgan fingerprint density at radius 3 is 2.55 bits per heavy atom. The normalized spacial score (nSPS) is 19.2. The molecule has 0 aromatic carbocycles. The number of carbonyl (C=O) groups excluding carboxylic acids is 1. The lowest BCUT2D eigenvalue weighted by molar-refractivity contribution is 0.0516. The lowest BCUT2D eigenvalue weighted by Crippen LogP contribution is -2.53. The van der Waals surface area contributed by atoms with Crippen molar-refractivity contribution in [2.24, 2.45) is 5.92 Å². The SMILES string of the molecule is CC(C)Cn1c(=O)c(C(=O)N2CCN(C3CCCCC3)CC2)nc2cccnc21. The van der Waals surface area contributed by atoms with Crippen LogP contribution in [0, 0.1) is 5.92 Å². The number of amides is 1.